The first-order valence-electron chi connectivity index (χ1n) is 6.14. The fourth-order valence-corrected chi connectivity index (χ4v) is 1.97. The molecular weight excluding hydrogens is 230 g/mol. The molecule has 1 aliphatic heterocycles. The smallest absolute Gasteiger partial charge is 0.273 e. The van der Waals surface area contributed by atoms with Gasteiger partial charge in [0.05, 0.1) is 0 Å². The van der Waals surface area contributed by atoms with Crippen LogP contribution in [0.2, 0.25) is 0 Å². The van der Waals surface area contributed by atoms with Gasteiger partial charge in [0.2, 0.25) is 0 Å². The summed E-state index contributed by atoms with van der Waals surface area (Å²) in [6.07, 6.45) is 1.94. The number of carbonyl (C=O) groups is 1. The van der Waals surface area contributed by atoms with Crippen LogP contribution in [0.3, 0.4) is 0 Å². The lowest BCUT2D eigenvalue weighted by atomic mass is 10.1. The van der Waals surface area contributed by atoms with Crippen LogP contribution in [0.5, 0.6) is 0 Å². The number of nitrogens with zero attached hydrogens (tertiary/aromatic N) is 4. The second-order valence-corrected chi connectivity index (χ2v) is 4.80. The Bertz CT molecular complexity index is 409. The van der Waals surface area contributed by atoms with Gasteiger partial charge in [-0.15, -0.1) is 10.2 Å². The Hall–Kier alpha value is -1.69. The van der Waals surface area contributed by atoms with E-state index in [1.165, 1.54) is 4.90 Å². The Morgan fingerprint density at radius 1 is 1.33 bits per heavy atom. The summed E-state index contributed by atoms with van der Waals surface area (Å²) in [4.78, 5) is 15.3. The fraction of sp³-hybridized carbons (Fsp3) is 0.583. The maximum absolute atomic E-state index is 11.7. The van der Waals surface area contributed by atoms with Crippen molar-refractivity contribution in [1.82, 2.24) is 15.1 Å². The van der Waals surface area contributed by atoms with Gasteiger partial charge in [-0.25, -0.2) is 0 Å². The molecule has 1 aliphatic rings. The molecule has 0 unspecified atom stereocenters. The van der Waals surface area contributed by atoms with Gasteiger partial charge in [-0.1, -0.05) is 0 Å². The van der Waals surface area contributed by atoms with E-state index in [9.17, 15) is 4.79 Å². The van der Waals surface area contributed by atoms with Crippen LogP contribution in [0.1, 0.15) is 23.3 Å². The summed E-state index contributed by atoms with van der Waals surface area (Å²) in [7, 11) is 3.40. The topological polar surface area (TPSA) is 75.4 Å². The monoisotopic (exact) mass is 249 g/mol. The Morgan fingerprint density at radius 2 is 2.00 bits per heavy atom. The highest BCUT2D eigenvalue weighted by atomic mass is 16.2. The third kappa shape index (κ3) is 2.76. The van der Waals surface area contributed by atoms with Crippen molar-refractivity contribution in [3.8, 4) is 0 Å². The second-order valence-electron chi connectivity index (χ2n) is 4.80. The predicted molar refractivity (Wildman–Crippen MR) is 69.5 cm³/mol. The lowest BCUT2D eigenvalue weighted by Crippen LogP contribution is -2.40. The molecule has 0 aliphatic carbocycles. The van der Waals surface area contributed by atoms with Crippen molar-refractivity contribution in [3.63, 3.8) is 0 Å². The SMILES string of the molecule is CN(C)C(=O)c1ccc(N2CCC(N)CC2)nn1. The Kier molecular flexibility index (Phi) is 3.76. The van der Waals surface area contributed by atoms with E-state index in [2.05, 4.69) is 15.1 Å². The van der Waals surface area contributed by atoms with Crippen molar-refractivity contribution in [3.05, 3.63) is 17.8 Å². The minimum absolute atomic E-state index is 0.130. The number of hydrogen-bond donors (Lipinski definition) is 1. The van der Waals surface area contributed by atoms with Crippen LogP contribution in [-0.4, -0.2) is 54.2 Å². The normalized spacial score (nSPS) is 16.7. The van der Waals surface area contributed by atoms with Gasteiger partial charge < -0.3 is 15.5 Å². The molecule has 0 radical (unpaired) electrons. The maximum Gasteiger partial charge on any atom is 0.273 e. The first kappa shape index (κ1) is 12.8. The van der Waals surface area contributed by atoms with Crippen molar-refractivity contribution in [2.75, 3.05) is 32.1 Å². The van der Waals surface area contributed by atoms with Gasteiger partial charge in [0.1, 0.15) is 0 Å². The highest BCUT2D eigenvalue weighted by Crippen LogP contribution is 2.16. The first-order valence-corrected chi connectivity index (χ1v) is 6.14. The van der Waals surface area contributed by atoms with Crippen LogP contribution in [0.15, 0.2) is 12.1 Å². The molecule has 2 heterocycles. The maximum atomic E-state index is 11.7. The predicted octanol–water partition coefficient (Wildman–Crippen LogP) is 0.106. The minimum atomic E-state index is -0.130. The van der Waals surface area contributed by atoms with Crippen molar-refractivity contribution < 1.29 is 4.79 Å². The quantitative estimate of drug-likeness (QED) is 0.805. The van der Waals surface area contributed by atoms with Crippen LogP contribution in [-0.2, 0) is 0 Å². The molecule has 1 saturated heterocycles. The lowest BCUT2D eigenvalue weighted by molar-refractivity contribution is 0.0821. The molecule has 1 aromatic rings. The molecule has 6 nitrogen and oxygen atoms in total. The van der Waals surface area contributed by atoms with Gasteiger partial charge in [0.25, 0.3) is 5.91 Å². The Balaban J connectivity index is 2.06. The van der Waals surface area contributed by atoms with E-state index in [0.717, 1.165) is 31.7 Å². The minimum Gasteiger partial charge on any atom is -0.355 e. The van der Waals surface area contributed by atoms with E-state index in [0.29, 0.717) is 11.7 Å². The average Bonchev–Trinajstić information content (AvgIpc) is 2.39. The highest BCUT2D eigenvalue weighted by molar-refractivity contribution is 5.91. The summed E-state index contributed by atoms with van der Waals surface area (Å²) in [5, 5.41) is 8.10. The number of piperidine rings is 1. The molecule has 0 bridgehead atoms. The van der Waals surface area contributed by atoms with Gasteiger partial charge in [0, 0.05) is 33.2 Å². The van der Waals surface area contributed by atoms with Gasteiger partial charge in [-0.05, 0) is 25.0 Å². The van der Waals surface area contributed by atoms with Gasteiger partial charge in [0.15, 0.2) is 11.5 Å². The zero-order valence-electron chi connectivity index (χ0n) is 10.8. The summed E-state index contributed by atoms with van der Waals surface area (Å²) in [5.74, 6) is 0.687. The zero-order valence-corrected chi connectivity index (χ0v) is 10.8. The first-order chi connectivity index (χ1) is 8.58. The number of carbonyl (C=O) groups excluding carboxylic acids is 1. The number of nitrogens with two attached hydrogens (primary N) is 1. The van der Waals surface area contributed by atoms with E-state index < -0.39 is 0 Å². The summed E-state index contributed by atoms with van der Waals surface area (Å²) in [5.41, 5.74) is 6.23. The summed E-state index contributed by atoms with van der Waals surface area (Å²) in [6.45, 7) is 1.80. The van der Waals surface area contributed by atoms with E-state index in [1.54, 1.807) is 20.2 Å². The fourth-order valence-electron chi connectivity index (χ4n) is 1.97. The summed E-state index contributed by atoms with van der Waals surface area (Å²) < 4.78 is 0. The molecule has 2 N–H and O–H groups in total. The van der Waals surface area contributed by atoms with Crippen LogP contribution in [0, 0.1) is 0 Å². The summed E-state index contributed by atoms with van der Waals surface area (Å²) in [6, 6.07) is 3.86. The zero-order chi connectivity index (χ0) is 13.1. The van der Waals surface area contributed by atoms with Gasteiger partial charge >= 0.3 is 0 Å². The number of aromatic nitrogens is 2. The van der Waals surface area contributed by atoms with E-state index in [-0.39, 0.29) is 5.91 Å². The van der Waals surface area contributed by atoms with Crippen molar-refractivity contribution in [1.29, 1.82) is 0 Å². The van der Waals surface area contributed by atoms with Crippen LogP contribution >= 0.6 is 0 Å². The van der Waals surface area contributed by atoms with E-state index in [4.69, 9.17) is 5.73 Å². The number of hydrogen-bond acceptors (Lipinski definition) is 5. The van der Waals surface area contributed by atoms with E-state index in [1.807, 2.05) is 6.07 Å². The highest BCUT2D eigenvalue weighted by Gasteiger charge is 2.18. The van der Waals surface area contributed by atoms with Crippen LogP contribution in [0.4, 0.5) is 5.82 Å². The Morgan fingerprint density at radius 3 is 2.50 bits per heavy atom. The van der Waals surface area contributed by atoms with Crippen molar-refractivity contribution >= 4 is 11.7 Å². The lowest BCUT2D eigenvalue weighted by Gasteiger charge is -2.30. The second kappa shape index (κ2) is 5.30. The molecule has 98 valence electrons. The molecule has 1 amide bonds. The van der Waals surface area contributed by atoms with Crippen LogP contribution in [0.25, 0.3) is 0 Å². The molecule has 0 aromatic carbocycles. The van der Waals surface area contributed by atoms with Gasteiger partial charge in [-0.2, -0.15) is 0 Å². The number of rotatable bonds is 2. The Labute approximate surface area is 107 Å². The number of anilines is 1. The standard InChI is InChI=1S/C12H19N5O/c1-16(2)12(18)10-3-4-11(15-14-10)17-7-5-9(13)6-8-17/h3-4,9H,5-8,13H2,1-2H3. The third-order valence-corrected chi connectivity index (χ3v) is 3.14. The molecule has 0 atom stereocenters. The van der Waals surface area contributed by atoms with Gasteiger partial charge in [-0.3, -0.25) is 4.79 Å². The summed E-state index contributed by atoms with van der Waals surface area (Å²) >= 11 is 0. The molecule has 2 rings (SSSR count). The molecule has 1 fully saturated rings. The van der Waals surface area contributed by atoms with Crippen molar-refractivity contribution in [2.24, 2.45) is 5.73 Å². The molecule has 1 aromatic heterocycles. The van der Waals surface area contributed by atoms with E-state index >= 15 is 0 Å². The molecule has 0 spiro atoms. The largest absolute Gasteiger partial charge is 0.355 e. The average molecular weight is 249 g/mol. The molecule has 18 heavy (non-hydrogen) atoms. The number of amides is 1. The molecular formula is C12H19N5O. The van der Waals surface area contributed by atoms with Crippen molar-refractivity contribution in [2.45, 2.75) is 18.9 Å². The van der Waals surface area contributed by atoms with Crippen LogP contribution < -0.4 is 10.6 Å². The molecule has 6 heteroatoms. The third-order valence-electron chi connectivity index (χ3n) is 3.14. The molecule has 0 saturated carbocycles.